The molecule has 1 aliphatic carbocycles. The van der Waals surface area contributed by atoms with Crippen molar-refractivity contribution in [3.05, 3.63) is 83.2 Å². The third kappa shape index (κ3) is 6.87. The van der Waals surface area contributed by atoms with Crippen molar-refractivity contribution in [2.75, 3.05) is 19.6 Å². The maximum Gasteiger partial charge on any atom is 0.251 e. The van der Waals surface area contributed by atoms with Gasteiger partial charge in [-0.3, -0.25) is 9.78 Å². The van der Waals surface area contributed by atoms with E-state index in [1.165, 1.54) is 6.07 Å². The summed E-state index contributed by atoms with van der Waals surface area (Å²) < 4.78 is 31.0. The van der Waals surface area contributed by atoms with Crippen molar-refractivity contribution < 1.29 is 18.7 Å². The average molecular weight is 615 g/mol. The number of nitrogens with one attached hydrogen (secondary N) is 1. The number of aliphatic hydroxyl groups is 1. The summed E-state index contributed by atoms with van der Waals surface area (Å²) >= 11 is 0. The zero-order valence-corrected chi connectivity index (χ0v) is 26.1. The lowest BCUT2D eigenvalue weighted by molar-refractivity contribution is -0.00592. The van der Waals surface area contributed by atoms with Gasteiger partial charge in [-0.1, -0.05) is 19.9 Å². The van der Waals surface area contributed by atoms with Crippen LogP contribution in [0.2, 0.25) is 0 Å². The Balaban J connectivity index is 1.25. The highest BCUT2D eigenvalue weighted by Crippen LogP contribution is 2.38. The highest BCUT2D eigenvalue weighted by atomic mass is 19.1. The van der Waals surface area contributed by atoms with Gasteiger partial charge >= 0.3 is 0 Å². The van der Waals surface area contributed by atoms with Gasteiger partial charge in [-0.25, -0.2) is 13.8 Å². The minimum Gasteiger partial charge on any atom is -0.390 e. The van der Waals surface area contributed by atoms with Gasteiger partial charge in [0.1, 0.15) is 17.0 Å². The molecule has 6 rings (SSSR count). The van der Waals surface area contributed by atoms with Crippen LogP contribution in [0.15, 0.2) is 55.0 Å². The van der Waals surface area contributed by atoms with Crippen LogP contribution in [-0.2, 0) is 12.8 Å². The summed E-state index contributed by atoms with van der Waals surface area (Å²) in [5.41, 5.74) is 2.29. The van der Waals surface area contributed by atoms with E-state index >= 15 is 8.78 Å². The van der Waals surface area contributed by atoms with Gasteiger partial charge in [-0.2, -0.15) is 10.2 Å². The summed E-state index contributed by atoms with van der Waals surface area (Å²) in [4.78, 5) is 25.2. The number of rotatable bonds is 8. The maximum absolute atomic E-state index is 15.5. The smallest absolute Gasteiger partial charge is 0.251 e. The van der Waals surface area contributed by atoms with Crippen LogP contribution in [0.4, 0.5) is 8.78 Å². The highest BCUT2D eigenvalue weighted by molar-refractivity contribution is 5.98. The van der Waals surface area contributed by atoms with Crippen molar-refractivity contribution >= 4 is 16.8 Å². The molecule has 236 valence electrons. The first-order chi connectivity index (χ1) is 21.5. The molecule has 0 bridgehead atoms. The SMILES string of the molecule is CC(C)[C@]1(F)CCc2nc3c(F)cc(C(=O)N[C@H](CCN4CCC(C)(O)CC4)c4ccc(-c5ccnnc5)nc4)cc3cc2C1. The molecule has 1 aliphatic heterocycles. The summed E-state index contributed by atoms with van der Waals surface area (Å²) in [5, 5.41) is 21.7. The quantitative estimate of drug-likeness (QED) is 0.259. The number of piperidine rings is 1. The van der Waals surface area contributed by atoms with E-state index in [0.29, 0.717) is 44.0 Å². The fourth-order valence-electron chi connectivity index (χ4n) is 6.41. The number of hydrogen-bond acceptors (Lipinski definition) is 7. The van der Waals surface area contributed by atoms with E-state index in [4.69, 9.17) is 0 Å². The second-order valence-electron chi connectivity index (χ2n) is 13.3. The van der Waals surface area contributed by atoms with Crippen molar-refractivity contribution in [2.24, 2.45) is 5.92 Å². The Kier molecular flexibility index (Phi) is 8.63. The number of carbonyl (C=O) groups is 1. The van der Waals surface area contributed by atoms with Gasteiger partial charge in [0.2, 0.25) is 0 Å². The van der Waals surface area contributed by atoms with Gasteiger partial charge in [0.25, 0.3) is 5.91 Å². The molecular weight excluding hydrogens is 574 g/mol. The second kappa shape index (κ2) is 12.5. The number of pyridine rings is 2. The molecule has 1 saturated heterocycles. The number of aromatic nitrogens is 4. The molecule has 0 radical (unpaired) electrons. The van der Waals surface area contributed by atoms with Crippen LogP contribution in [0, 0.1) is 11.7 Å². The standard InChI is InChI=1S/C35H40F2N6O2/c1-22(2)35(37)9-6-30-27(19-35)17-25-16-26(18-28(36)32(25)41-30)33(44)42-31(8-13-43-14-10-34(3,45)11-15-43)23-4-5-29(38-20-23)24-7-12-39-40-21-24/h4-5,7,12,16-18,20-22,31,45H,6,8-11,13-15,19H2,1-3H3,(H,42,44)/t31-,35+/m1/s1. The number of amides is 1. The third-order valence-corrected chi connectivity index (χ3v) is 9.64. The van der Waals surface area contributed by atoms with Gasteiger partial charge in [0.15, 0.2) is 0 Å². The molecule has 8 nitrogen and oxygen atoms in total. The third-order valence-electron chi connectivity index (χ3n) is 9.64. The molecule has 2 aliphatic rings. The lowest BCUT2D eigenvalue weighted by atomic mass is 9.77. The van der Waals surface area contributed by atoms with E-state index in [9.17, 15) is 9.90 Å². The predicted octanol–water partition coefficient (Wildman–Crippen LogP) is 5.79. The first-order valence-corrected chi connectivity index (χ1v) is 15.8. The minimum atomic E-state index is -1.33. The Hall–Kier alpha value is -3.89. The molecule has 2 N–H and O–H groups in total. The van der Waals surface area contributed by atoms with Crippen LogP contribution in [-0.4, -0.2) is 67.0 Å². The Morgan fingerprint density at radius 2 is 1.89 bits per heavy atom. The molecule has 4 aromatic rings. The van der Waals surface area contributed by atoms with Crippen molar-refractivity contribution in [1.29, 1.82) is 0 Å². The number of aryl methyl sites for hydroxylation is 1. The number of nitrogens with zero attached hydrogens (tertiary/aromatic N) is 5. The van der Waals surface area contributed by atoms with Crippen LogP contribution in [0.1, 0.15) is 79.7 Å². The largest absolute Gasteiger partial charge is 0.390 e. The topological polar surface area (TPSA) is 104 Å². The highest BCUT2D eigenvalue weighted by Gasteiger charge is 2.38. The van der Waals surface area contributed by atoms with E-state index in [1.807, 2.05) is 39.0 Å². The van der Waals surface area contributed by atoms with Crippen LogP contribution in [0.25, 0.3) is 22.2 Å². The van der Waals surface area contributed by atoms with E-state index in [2.05, 4.69) is 30.4 Å². The van der Waals surface area contributed by atoms with Crippen molar-refractivity contribution in [3.63, 3.8) is 0 Å². The fraction of sp³-hybridized carbons (Fsp3) is 0.457. The van der Waals surface area contributed by atoms with Crippen LogP contribution in [0.5, 0.6) is 0 Å². The van der Waals surface area contributed by atoms with Gasteiger partial charge in [-0.05, 0) is 86.4 Å². The number of carbonyl (C=O) groups excluding carboxylic acids is 1. The molecule has 4 heterocycles. The Morgan fingerprint density at radius 1 is 1.09 bits per heavy atom. The monoisotopic (exact) mass is 614 g/mol. The zero-order valence-electron chi connectivity index (χ0n) is 26.1. The van der Waals surface area contributed by atoms with E-state index in [0.717, 1.165) is 41.2 Å². The molecule has 0 saturated carbocycles. The number of fused-ring (bicyclic) bond motifs is 2. The zero-order chi connectivity index (χ0) is 31.8. The van der Waals surface area contributed by atoms with Gasteiger partial charge in [0.05, 0.1) is 29.7 Å². The number of halogens is 2. The number of alkyl halides is 1. The molecule has 1 aromatic carbocycles. The van der Waals surface area contributed by atoms with Gasteiger partial charge in [0, 0.05) is 54.5 Å². The summed E-state index contributed by atoms with van der Waals surface area (Å²) in [7, 11) is 0. The Labute approximate surface area is 262 Å². The molecule has 0 spiro atoms. The molecule has 1 amide bonds. The number of hydrogen-bond donors (Lipinski definition) is 2. The molecule has 1 fully saturated rings. The number of likely N-dealkylation sites (tertiary alicyclic amines) is 1. The Bertz CT molecular complexity index is 1670. The molecule has 45 heavy (non-hydrogen) atoms. The normalized spacial score (nSPS) is 20.6. The summed E-state index contributed by atoms with van der Waals surface area (Å²) in [6.07, 6.45) is 8.03. The number of benzene rings is 1. The van der Waals surface area contributed by atoms with E-state index in [1.54, 1.807) is 30.7 Å². The molecule has 2 atom stereocenters. The van der Waals surface area contributed by atoms with Crippen molar-refractivity contribution in [1.82, 2.24) is 30.4 Å². The Morgan fingerprint density at radius 3 is 2.58 bits per heavy atom. The van der Waals surface area contributed by atoms with Crippen molar-refractivity contribution in [2.45, 2.75) is 76.6 Å². The first-order valence-electron chi connectivity index (χ1n) is 15.8. The van der Waals surface area contributed by atoms with Crippen molar-refractivity contribution in [3.8, 4) is 11.3 Å². The molecule has 10 heteroatoms. The first kappa shape index (κ1) is 31.1. The summed E-state index contributed by atoms with van der Waals surface area (Å²) in [5.74, 6) is -1.13. The minimum absolute atomic E-state index is 0.143. The van der Waals surface area contributed by atoms with E-state index < -0.39 is 29.0 Å². The van der Waals surface area contributed by atoms with Gasteiger partial charge < -0.3 is 15.3 Å². The van der Waals surface area contributed by atoms with Crippen LogP contribution in [0.3, 0.4) is 0 Å². The summed E-state index contributed by atoms with van der Waals surface area (Å²) in [6.45, 7) is 7.87. The molecule has 0 unspecified atom stereocenters. The van der Waals surface area contributed by atoms with E-state index in [-0.39, 0.29) is 23.4 Å². The predicted molar refractivity (Wildman–Crippen MR) is 169 cm³/mol. The summed E-state index contributed by atoms with van der Waals surface area (Å²) in [6, 6.07) is 9.93. The van der Waals surface area contributed by atoms with Gasteiger partial charge in [-0.15, -0.1) is 0 Å². The molecular formula is C35H40F2N6O2. The lowest BCUT2D eigenvalue weighted by Gasteiger charge is -2.36. The second-order valence-corrected chi connectivity index (χ2v) is 13.3. The maximum atomic E-state index is 15.5. The lowest BCUT2D eigenvalue weighted by Crippen LogP contribution is -2.43. The fourth-order valence-corrected chi connectivity index (χ4v) is 6.41. The van der Waals surface area contributed by atoms with Crippen LogP contribution < -0.4 is 5.32 Å². The van der Waals surface area contributed by atoms with Crippen LogP contribution >= 0.6 is 0 Å². The molecule has 3 aromatic heterocycles. The average Bonchev–Trinajstić information content (AvgIpc) is 3.03.